The zero-order chi connectivity index (χ0) is 7.23. The quantitative estimate of drug-likeness (QED) is 0.557. The van der Waals surface area contributed by atoms with E-state index in [2.05, 4.69) is 4.98 Å². The third kappa shape index (κ3) is 2.60. The summed E-state index contributed by atoms with van der Waals surface area (Å²) in [7, 11) is 3.19. The van der Waals surface area contributed by atoms with Crippen molar-refractivity contribution in [3.63, 3.8) is 0 Å². The topological polar surface area (TPSA) is 38.9 Å². The Balaban J connectivity index is 2.43. The van der Waals surface area contributed by atoms with Crippen molar-refractivity contribution in [2.24, 2.45) is 5.73 Å². The van der Waals surface area contributed by atoms with Gasteiger partial charge < -0.3 is 5.73 Å². The van der Waals surface area contributed by atoms with Gasteiger partial charge in [-0.05, 0) is 22.9 Å². The fraction of sp³-hybridized carbons (Fsp3) is 0.167. The number of rotatable bonds is 3. The molecule has 54 valence electrons. The maximum Gasteiger partial charge on any atom is 0.107 e. The zero-order valence-electron chi connectivity index (χ0n) is 5.36. The molecule has 0 aliphatic heterocycles. The molecule has 0 aliphatic rings. The molecule has 0 radical (unpaired) electrons. The normalized spacial score (nSPS) is 9.70. The summed E-state index contributed by atoms with van der Waals surface area (Å²) in [5, 5.41) is 1.01. The third-order valence-electron chi connectivity index (χ3n) is 0.850. The lowest BCUT2D eigenvalue weighted by atomic mass is 10.5. The summed E-state index contributed by atoms with van der Waals surface area (Å²) in [4.78, 5) is 4.10. The molecule has 4 heteroatoms. The minimum atomic E-state index is 0.626. The van der Waals surface area contributed by atoms with E-state index in [0.717, 1.165) is 5.03 Å². The van der Waals surface area contributed by atoms with Crippen LogP contribution in [0.3, 0.4) is 0 Å². The summed E-state index contributed by atoms with van der Waals surface area (Å²) in [6, 6.07) is 5.83. The number of nitrogens with zero attached hydrogens (tertiary/aromatic N) is 1. The highest BCUT2D eigenvalue weighted by molar-refractivity contribution is 8.76. The number of aromatic nitrogens is 1. The van der Waals surface area contributed by atoms with E-state index in [4.69, 9.17) is 5.73 Å². The van der Waals surface area contributed by atoms with Gasteiger partial charge in [-0.1, -0.05) is 16.9 Å². The molecule has 0 saturated carbocycles. The van der Waals surface area contributed by atoms with Gasteiger partial charge in [-0.2, -0.15) is 0 Å². The Hall–Kier alpha value is -0.190. The summed E-state index contributed by atoms with van der Waals surface area (Å²) in [6.45, 7) is 0. The van der Waals surface area contributed by atoms with Crippen LogP contribution in [-0.4, -0.2) is 10.9 Å². The van der Waals surface area contributed by atoms with E-state index in [1.807, 2.05) is 18.2 Å². The predicted octanol–water partition coefficient (Wildman–Crippen LogP) is 1.74. The van der Waals surface area contributed by atoms with E-state index in [1.165, 1.54) is 0 Å². The summed E-state index contributed by atoms with van der Waals surface area (Å²) in [6.07, 6.45) is 1.78. The molecule has 0 bridgehead atoms. The van der Waals surface area contributed by atoms with E-state index in [1.54, 1.807) is 27.8 Å². The smallest absolute Gasteiger partial charge is 0.107 e. The second-order valence-corrected chi connectivity index (χ2v) is 3.90. The van der Waals surface area contributed by atoms with Crippen LogP contribution in [0.4, 0.5) is 0 Å². The van der Waals surface area contributed by atoms with Gasteiger partial charge >= 0.3 is 0 Å². The summed E-state index contributed by atoms with van der Waals surface area (Å²) in [5.41, 5.74) is 5.29. The van der Waals surface area contributed by atoms with Gasteiger partial charge in [0, 0.05) is 6.20 Å². The molecule has 0 unspecified atom stereocenters. The molecule has 1 heterocycles. The maximum absolute atomic E-state index is 5.29. The lowest BCUT2D eigenvalue weighted by Crippen LogP contribution is -1.88. The van der Waals surface area contributed by atoms with E-state index in [0.29, 0.717) is 5.88 Å². The van der Waals surface area contributed by atoms with E-state index in [9.17, 15) is 0 Å². The molecule has 1 rings (SSSR count). The van der Waals surface area contributed by atoms with Gasteiger partial charge in [-0.25, -0.2) is 4.98 Å². The largest absolute Gasteiger partial charge is 0.321 e. The highest BCUT2D eigenvalue weighted by Gasteiger charge is 1.90. The second kappa shape index (κ2) is 4.60. The van der Waals surface area contributed by atoms with Crippen molar-refractivity contribution >= 4 is 21.6 Å². The lowest BCUT2D eigenvalue weighted by molar-refractivity contribution is 1.14. The summed E-state index contributed by atoms with van der Waals surface area (Å²) < 4.78 is 0. The average molecular weight is 172 g/mol. The lowest BCUT2D eigenvalue weighted by Gasteiger charge is -1.94. The van der Waals surface area contributed by atoms with Crippen LogP contribution in [0.15, 0.2) is 29.4 Å². The first kappa shape index (κ1) is 7.91. The van der Waals surface area contributed by atoms with E-state index >= 15 is 0 Å². The minimum Gasteiger partial charge on any atom is -0.321 e. The molecule has 2 nitrogen and oxygen atoms in total. The van der Waals surface area contributed by atoms with Gasteiger partial charge in [-0.15, -0.1) is 0 Å². The second-order valence-electron chi connectivity index (χ2n) is 1.54. The average Bonchev–Trinajstić information content (AvgIpc) is 2.03. The zero-order valence-corrected chi connectivity index (χ0v) is 6.99. The van der Waals surface area contributed by atoms with Gasteiger partial charge in [0.15, 0.2) is 0 Å². The highest BCUT2D eigenvalue weighted by Crippen LogP contribution is 2.26. The van der Waals surface area contributed by atoms with Crippen LogP contribution >= 0.6 is 21.6 Å². The minimum absolute atomic E-state index is 0.626. The van der Waals surface area contributed by atoms with Crippen LogP contribution in [0.5, 0.6) is 0 Å². The SMILES string of the molecule is NCSSc1ccccn1. The van der Waals surface area contributed by atoms with Crippen LogP contribution in [0.1, 0.15) is 0 Å². The maximum atomic E-state index is 5.29. The molecule has 2 N–H and O–H groups in total. The van der Waals surface area contributed by atoms with E-state index in [-0.39, 0.29) is 0 Å². The monoisotopic (exact) mass is 172 g/mol. The molecule has 10 heavy (non-hydrogen) atoms. The Labute approximate surface area is 68.0 Å². The fourth-order valence-electron chi connectivity index (χ4n) is 0.491. The molecule has 0 spiro atoms. The third-order valence-corrected chi connectivity index (χ3v) is 2.79. The molecule has 0 amide bonds. The molecule has 0 fully saturated rings. The van der Waals surface area contributed by atoms with Crippen molar-refractivity contribution < 1.29 is 0 Å². The van der Waals surface area contributed by atoms with Gasteiger partial charge in [0.05, 0.1) is 5.88 Å². The highest BCUT2D eigenvalue weighted by atomic mass is 33.1. The first-order valence-electron chi connectivity index (χ1n) is 2.84. The van der Waals surface area contributed by atoms with Gasteiger partial charge in [0.25, 0.3) is 0 Å². The van der Waals surface area contributed by atoms with Crippen molar-refractivity contribution in [2.45, 2.75) is 5.03 Å². The fourth-order valence-corrected chi connectivity index (χ4v) is 1.78. The Morgan fingerprint density at radius 2 is 2.40 bits per heavy atom. The van der Waals surface area contributed by atoms with E-state index < -0.39 is 0 Å². The van der Waals surface area contributed by atoms with Crippen LogP contribution in [0, 0.1) is 0 Å². The van der Waals surface area contributed by atoms with Crippen molar-refractivity contribution in [3.05, 3.63) is 24.4 Å². The Kier molecular flexibility index (Phi) is 3.64. The Morgan fingerprint density at radius 3 is 3.00 bits per heavy atom. The Bertz CT molecular complexity index is 178. The molecule has 0 saturated heterocycles. The number of pyridine rings is 1. The van der Waals surface area contributed by atoms with Crippen molar-refractivity contribution in [1.29, 1.82) is 0 Å². The van der Waals surface area contributed by atoms with Crippen LogP contribution in [0.25, 0.3) is 0 Å². The summed E-state index contributed by atoms with van der Waals surface area (Å²) >= 11 is 0. The van der Waals surface area contributed by atoms with Crippen LogP contribution in [0.2, 0.25) is 0 Å². The van der Waals surface area contributed by atoms with Crippen LogP contribution < -0.4 is 5.73 Å². The molecular formula is C6H8N2S2. The summed E-state index contributed by atoms with van der Waals surface area (Å²) in [5.74, 6) is 0.626. The molecule has 1 aromatic heterocycles. The van der Waals surface area contributed by atoms with Crippen molar-refractivity contribution in [2.75, 3.05) is 5.88 Å². The number of nitrogens with two attached hydrogens (primary N) is 1. The first-order chi connectivity index (χ1) is 4.93. The van der Waals surface area contributed by atoms with Gasteiger partial charge in [0.2, 0.25) is 0 Å². The number of hydrogen-bond acceptors (Lipinski definition) is 4. The standard InChI is InChI=1S/C6H8N2S2/c7-5-9-10-6-3-1-2-4-8-6/h1-4H,5,7H2. The Morgan fingerprint density at radius 1 is 1.50 bits per heavy atom. The molecule has 0 aliphatic carbocycles. The molecule has 1 aromatic rings. The predicted molar refractivity (Wildman–Crippen MR) is 46.7 cm³/mol. The van der Waals surface area contributed by atoms with Crippen LogP contribution in [-0.2, 0) is 0 Å². The van der Waals surface area contributed by atoms with Crippen molar-refractivity contribution in [3.8, 4) is 0 Å². The van der Waals surface area contributed by atoms with Gasteiger partial charge in [-0.3, -0.25) is 0 Å². The number of hydrogen-bond donors (Lipinski definition) is 1. The molecule has 0 aromatic carbocycles. The van der Waals surface area contributed by atoms with Gasteiger partial charge in [0.1, 0.15) is 5.03 Å². The van der Waals surface area contributed by atoms with Crippen molar-refractivity contribution in [1.82, 2.24) is 4.98 Å². The molecular weight excluding hydrogens is 164 g/mol. The molecule has 0 atom stereocenters. The first-order valence-corrected chi connectivity index (χ1v) is 5.16.